The van der Waals surface area contributed by atoms with Crippen LogP contribution in [0.4, 0.5) is 3.89 Å². The van der Waals surface area contributed by atoms with E-state index in [0.29, 0.717) is 0 Å². The zero-order valence-electron chi connectivity index (χ0n) is 7.17. The van der Waals surface area contributed by atoms with E-state index < -0.39 is 15.5 Å². The molecule has 0 N–H and O–H groups in total. The van der Waals surface area contributed by atoms with Crippen LogP contribution in [0, 0.1) is 0 Å². The summed E-state index contributed by atoms with van der Waals surface area (Å²) in [6, 6.07) is 4.62. The second-order valence-corrected chi connectivity index (χ2v) is 5.76. The minimum atomic E-state index is -4.59. The molecule has 0 aromatic heterocycles. The van der Waals surface area contributed by atoms with Gasteiger partial charge in [0.15, 0.2) is 0 Å². The third kappa shape index (κ3) is 2.68. The molecule has 78 valence electrons. The van der Waals surface area contributed by atoms with Crippen molar-refractivity contribution in [1.29, 1.82) is 0 Å². The summed E-state index contributed by atoms with van der Waals surface area (Å²) in [5, 5.41) is -1.00. The summed E-state index contributed by atoms with van der Waals surface area (Å²) in [5.41, 5.74) is 0.261. The first-order valence-corrected chi connectivity index (χ1v) is 6.32. The Bertz CT molecular complexity index is 447. The third-order valence-electron chi connectivity index (χ3n) is 1.82. The predicted octanol–water partition coefficient (Wildman–Crippen LogP) is 3.46. The predicted molar refractivity (Wildman–Crippen MR) is 57.6 cm³/mol. The number of hydrogen-bond acceptors (Lipinski definition) is 2. The smallest absolute Gasteiger partial charge is 0.194 e. The summed E-state index contributed by atoms with van der Waals surface area (Å²) in [6.45, 7) is 1.25. The Morgan fingerprint density at radius 1 is 1.50 bits per heavy atom. The maximum atomic E-state index is 12.7. The van der Waals surface area contributed by atoms with Gasteiger partial charge in [-0.25, -0.2) is 0 Å². The highest BCUT2D eigenvalue weighted by atomic mass is 79.9. The molecule has 0 saturated heterocycles. The molecule has 1 aromatic carbocycles. The van der Waals surface area contributed by atoms with Crippen LogP contribution in [0.15, 0.2) is 22.7 Å². The highest BCUT2D eigenvalue weighted by Crippen LogP contribution is 2.31. The van der Waals surface area contributed by atoms with Gasteiger partial charge >= 0.3 is 10.2 Å². The molecule has 0 spiro atoms. The SMILES string of the molecule is CC(c1ccc(Br)cc1Cl)S(=O)(=O)F. The van der Waals surface area contributed by atoms with Crippen LogP contribution in [0.2, 0.25) is 5.02 Å². The minimum Gasteiger partial charge on any atom is -0.194 e. The lowest BCUT2D eigenvalue weighted by atomic mass is 10.2. The van der Waals surface area contributed by atoms with E-state index in [1.807, 2.05) is 0 Å². The summed E-state index contributed by atoms with van der Waals surface area (Å²) < 4.78 is 34.6. The van der Waals surface area contributed by atoms with Crippen LogP contribution in [0.5, 0.6) is 0 Å². The van der Waals surface area contributed by atoms with Gasteiger partial charge in [0, 0.05) is 9.50 Å². The minimum absolute atomic E-state index is 0.230. The van der Waals surface area contributed by atoms with Crippen molar-refractivity contribution in [1.82, 2.24) is 0 Å². The fraction of sp³-hybridized carbons (Fsp3) is 0.250. The van der Waals surface area contributed by atoms with Gasteiger partial charge in [-0.1, -0.05) is 33.6 Å². The van der Waals surface area contributed by atoms with Crippen LogP contribution in [0.25, 0.3) is 0 Å². The van der Waals surface area contributed by atoms with E-state index in [-0.39, 0.29) is 10.6 Å². The average molecular weight is 302 g/mol. The van der Waals surface area contributed by atoms with Crippen molar-refractivity contribution in [3.8, 4) is 0 Å². The lowest BCUT2D eigenvalue weighted by molar-refractivity contribution is 0.540. The Morgan fingerprint density at radius 2 is 2.07 bits per heavy atom. The van der Waals surface area contributed by atoms with Crippen molar-refractivity contribution < 1.29 is 12.3 Å². The first-order chi connectivity index (χ1) is 6.32. The Morgan fingerprint density at radius 3 is 2.50 bits per heavy atom. The average Bonchev–Trinajstić information content (AvgIpc) is 2.01. The van der Waals surface area contributed by atoms with Crippen LogP contribution in [0.1, 0.15) is 17.7 Å². The summed E-state index contributed by atoms with van der Waals surface area (Å²) in [4.78, 5) is 0. The van der Waals surface area contributed by atoms with Gasteiger partial charge in [-0.15, -0.1) is 3.89 Å². The fourth-order valence-electron chi connectivity index (χ4n) is 0.983. The monoisotopic (exact) mass is 300 g/mol. The van der Waals surface area contributed by atoms with E-state index in [1.165, 1.54) is 19.1 Å². The molecule has 1 rings (SSSR count). The van der Waals surface area contributed by atoms with Gasteiger partial charge in [-0.3, -0.25) is 0 Å². The van der Waals surface area contributed by atoms with Gasteiger partial charge in [0.2, 0.25) is 0 Å². The Labute approximate surface area is 95.4 Å². The lowest BCUT2D eigenvalue weighted by Gasteiger charge is -2.09. The molecule has 6 heteroatoms. The van der Waals surface area contributed by atoms with E-state index in [4.69, 9.17) is 11.6 Å². The van der Waals surface area contributed by atoms with E-state index in [2.05, 4.69) is 15.9 Å². The Balaban J connectivity index is 3.21. The molecule has 0 radical (unpaired) electrons. The highest BCUT2D eigenvalue weighted by molar-refractivity contribution is 9.10. The zero-order chi connectivity index (χ0) is 10.9. The van der Waals surface area contributed by atoms with Crippen molar-refractivity contribution in [3.05, 3.63) is 33.3 Å². The topological polar surface area (TPSA) is 34.1 Å². The molecule has 0 aliphatic carbocycles. The van der Waals surface area contributed by atoms with Gasteiger partial charge in [0.05, 0.1) is 0 Å². The summed E-state index contributed by atoms with van der Waals surface area (Å²) in [7, 11) is -4.59. The van der Waals surface area contributed by atoms with Gasteiger partial charge in [0.25, 0.3) is 0 Å². The molecule has 1 unspecified atom stereocenters. The molecule has 2 nitrogen and oxygen atoms in total. The third-order valence-corrected chi connectivity index (χ3v) is 3.74. The van der Waals surface area contributed by atoms with Gasteiger partial charge in [0.1, 0.15) is 5.25 Å². The van der Waals surface area contributed by atoms with E-state index >= 15 is 0 Å². The number of rotatable bonds is 2. The van der Waals surface area contributed by atoms with Crippen molar-refractivity contribution in [3.63, 3.8) is 0 Å². The quantitative estimate of drug-likeness (QED) is 0.784. The van der Waals surface area contributed by atoms with E-state index in [1.54, 1.807) is 6.07 Å². The maximum absolute atomic E-state index is 12.7. The molecule has 0 bridgehead atoms. The zero-order valence-corrected chi connectivity index (χ0v) is 10.3. The van der Waals surface area contributed by atoms with Gasteiger partial charge < -0.3 is 0 Å². The molecule has 1 aromatic rings. The lowest BCUT2D eigenvalue weighted by Crippen LogP contribution is -2.04. The molecular weight excluding hydrogens is 295 g/mol. The molecule has 0 aliphatic heterocycles. The van der Waals surface area contributed by atoms with E-state index in [0.717, 1.165) is 4.47 Å². The van der Waals surface area contributed by atoms with Gasteiger partial charge in [-0.2, -0.15) is 8.42 Å². The van der Waals surface area contributed by atoms with Crippen molar-refractivity contribution in [2.45, 2.75) is 12.2 Å². The molecule has 0 fully saturated rings. The summed E-state index contributed by atoms with van der Waals surface area (Å²) in [5.74, 6) is 0. The number of benzene rings is 1. The van der Waals surface area contributed by atoms with Crippen LogP contribution in [-0.2, 0) is 10.2 Å². The van der Waals surface area contributed by atoms with Crippen LogP contribution >= 0.6 is 27.5 Å². The first-order valence-electron chi connectivity index (χ1n) is 3.71. The maximum Gasteiger partial charge on any atom is 0.309 e. The number of hydrogen-bond donors (Lipinski definition) is 0. The van der Waals surface area contributed by atoms with Crippen molar-refractivity contribution >= 4 is 37.8 Å². The molecule has 0 heterocycles. The van der Waals surface area contributed by atoms with Crippen LogP contribution in [-0.4, -0.2) is 8.42 Å². The molecule has 1 atom stereocenters. The fourth-order valence-corrected chi connectivity index (χ4v) is 2.39. The molecular formula is C8H7BrClFO2S. The normalized spacial score (nSPS) is 14.0. The molecule has 0 aliphatic rings. The number of halogens is 3. The summed E-state index contributed by atoms with van der Waals surface area (Å²) in [6.07, 6.45) is 0. The molecule has 0 amide bonds. The van der Waals surface area contributed by atoms with Crippen molar-refractivity contribution in [2.24, 2.45) is 0 Å². The highest BCUT2D eigenvalue weighted by Gasteiger charge is 2.23. The first kappa shape index (κ1) is 11.9. The van der Waals surface area contributed by atoms with Crippen molar-refractivity contribution in [2.75, 3.05) is 0 Å². The Kier molecular flexibility index (Phi) is 3.55. The molecule has 14 heavy (non-hydrogen) atoms. The van der Waals surface area contributed by atoms with Crippen LogP contribution in [0.3, 0.4) is 0 Å². The standard InChI is InChI=1S/C8H7BrClFO2S/c1-5(14(11,12)13)7-3-2-6(9)4-8(7)10/h2-5H,1H3. The largest absolute Gasteiger partial charge is 0.309 e. The second kappa shape index (κ2) is 4.16. The van der Waals surface area contributed by atoms with Gasteiger partial charge in [-0.05, 0) is 24.6 Å². The second-order valence-electron chi connectivity index (χ2n) is 2.78. The van der Waals surface area contributed by atoms with E-state index in [9.17, 15) is 12.3 Å². The van der Waals surface area contributed by atoms with Crippen LogP contribution < -0.4 is 0 Å². The Hall–Kier alpha value is -0.130. The summed E-state index contributed by atoms with van der Waals surface area (Å²) >= 11 is 8.94. The molecule has 0 saturated carbocycles.